The molecule has 4 rings (SSSR count). The Hall–Kier alpha value is -2.20. The molecule has 0 aromatic heterocycles. The molecule has 0 aliphatic carbocycles. The van der Waals surface area contributed by atoms with Gasteiger partial charge in [-0.2, -0.15) is 0 Å². The Bertz CT molecular complexity index is 776. The van der Waals surface area contributed by atoms with Crippen LogP contribution >= 0.6 is 0 Å². The average Bonchev–Trinajstić information content (AvgIpc) is 3.05. The molecule has 2 fully saturated rings. The molecule has 2 heterocycles. The molecule has 3 nitrogen and oxygen atoms in total. The molecule has 1 amide bonds. The lowest BCUT2D eigenvalue weighted by Gasteiger charge is -2.46. The van der Waals surface area contributed by atoms with E-state index in [1.54, 1.807) is 6.92 Å². The number of hydrogen-bond acceptors (Lipinski definition) is 2. The molecule has 0 radical (unpaired) electrons. The maximum atomic E-state index is 13.2. The summed E-state index contributed by atoms with van der Waals surface area (Å²) in [6.07, 6.45) is 2.08. The summed E-state index contributed by atoms with van der Waals surface area (Å²) in [6, 6.07) is 17.6. The molecular weight excluding hydrogens is 327 g/mol. The Kier molecular flexibility index (Phi) is 4.53. The zero-order valence-corrected chi connectivity index (χ0v) is 15.2. The maximum Gasteiger partial charge on any atom is 0.219 e. The van der Waals surface area contributed by atoms with Gasteiger partial charge in [-0.1, -0.05) is 42.5 Å². The first-order valence-corrected chi connectivity index (χ1v) is 9.38. The molecule has 2 atom stereocenters. The van der Waals surface area contributed by atoms with Gasteiger partial charge in [0.15, 0.2) is 0 Å². The van der Waals surface area contributed by atoms with Gasteiger partial charge in [-0.05, 0) is 42.6 Å². The Morgan fingerprint density at radius 1 is 1.08 bits per heavy atom. The van der Waals surface area contributed by atoms with E-state index in [1.807, 2.05) is 12.1 Å². The summed E-state index contributed by atoms with van der Waals surface area (Å²) in [5.41, 5.74) is 2.54. The lowest BCUT2D eigenvalue weighted by molar-refractivity contribution is -0.131. The Morgan fingerprint density at radius 2 is 1.77 bits per heavy atom. The second-order valence-corrected chi connectivity index (χ2v) is 7.61. The molecule has 0 bridgehead atoms. The van der Waals surface area contributed by atoms with Crippen LogP contribution in [0.3, 0.4) is 0 Å². The van der Waals surface area contributed by atoms with Crippen molar-refractivity contribution in [2.75, 3.05) is 19.6 Å². The van der Waals surface area contributed by atoms with Crippen LogP contribution in [0.1, 0.15) is 30.9 Å². The van der Waals surface area contributed by atoms with E-state index >= 15 is 0 Å². The van der Waals surface area contributed by atoms with E-state index in [4.69, 9.17) is 0 Å². The summed E-state index contributed by atoms with van der Waals surface area (Å²) < 4.78 is 13.2. The van der Waals surface area contributed by atoms with E-state index in [0.29, 0.717) is 0 Å². The van der Waals surface area contributed by atoms with E-state index in [1.165, 1.54) is 17.7 Å². The zero-order chi connectivity index (χ0) is 18.1. The Balaban J connectivity index is 1.59. The third kappa shape index (κ3) is 3.03. The van der Waals surface area contributed by atoms with Crippen molar-refractivity contribution in [1.29, 1.82) is 0 Å². The summed E-state index contributed by atoms with van der Waals surface area (Å²) in [7, 11) is 0. The lowest BCUT2D eigenvalue weighted by Crippen LogP contribution is -2.56. The van der Waals surface area contributed by atoms with E-state index in [2.05, 4.69) is 40.1 Å². The second-order valence-electron chi connectivity index (χ2n) is 7.61. The number of hydrogen-bond donors (Lipinski definition) is 0. The number of piperidine rings is 1. The number of fused-ring (bicyclic) bond motifs is 1. The quantitative estimate of drug-likeness (QED) is 0.843. The van der Waals surface area contributed by atoms with E-state index in [0.717, 1.165) is 44.6 Å². The first kappa shape index (κ1) is 17.2. The van der Waals surface area contributed by atoms with Gasteiger partial charge < -0.3 is 4.90 Å². The van der Waals surface area contributed by atoms with Crippen LogP contribution in [0.4, 0.5) is 4.39 Å². The highest BCUT2D eigenvalue weighted by Crippen LogP contribution is 2.46. The van der Waals surface area contributed by atoms with Crippen molar-refractivity contribution in [2.45, 2.75) is 37.8 Å². The molecule has 2 aliphatic rings. The van der Waals surface area contributed by atoms with Gasteiger partial charge in [0, 0.05) is 32.0 Å². The number of halogens is 1. The molecule has 0 saturated carbocycles. The Labute approximate surface area is 154 Å². The van der Waals surface area contributed by atoms with Gasteiger partial charge in [-0.25, -0.2) is 4.39 Å². The molecule has 26 heavy (non-hydrogen) atoms. The largest absolute Gasteiger partial charge is 0.338 e. The van der Waals surface area contributed by atoms with Crippen molar-refractivity contribution < 1.29 is 9.18 Å². The third-order valence-corrected chi connectivity index (χ3v) is 6.19. The zero-order valence-electron chi connectivity index (χ0n) is 15.2. The predicted molar refractivity (Wildman–Crippen MR) is 100 cm³/mol. The van der Waals surface area contributed by atoms with Crippen LogP contribution < -0.4 is 0 Å². The van der Waals surface area contributed by atoms with Crippen molar-refractivity contribution >= 4 is 5.91 Å². The first-order chi connectivity index (χ1) is 12.6. The average molecular weight is 352 g/mol. The molecule has 0 spiro atoms. The van der Waals surface area contributed by atoms with E-state index in [9.17, 15) is 9.18 Å². The number of benzene rings is 2. The van der Waals surface area contributed by atoms with Crippen LogP contribution in [0, 0.1) is 5.82 Å². The summed E-state index contributed by atoms with van der Waals surface area (Å²) in [5.74, 6) is -0.0366. The summed E-state index contributed by atoms with van der Waals surface area (Å²) in [4.78, 5) is 16.7. The smallest absolute Gasteiger partial charge is 0.219 e. The normalized spacial score (nSPS) is 25.9. The molecule has 0 N–H and O–H groups in total. The van der Waals surface area contributed by atoms with Crippen LogP contribution in [0.25, 0.3) is 0 Å². The number of likely N-dealkylation sites (tertiary alicyclic amines) is 2. The molecule has 2 saturated heterocycles. The fourth-order valence-corrected chi connectivity index (χ4v) is 4.82. The molecule has 4 heteroatoms. The Morgan fingerprint density at radius 3 is 2.46 bits per heavy atom. The molecule has 2 aliphatic heterocycles. The van der Waals surface area contributed by atoms with Crippen LogP contribution in [-0.4, -0.2) is 41.4 Å². The van der Waals surface area contributed by atoms with Gasteiger partial charge in [0.25, 0.3) is 0 Å². The monoisotopic (exact) mass is 352 g/mol. The van der Waals surface area contributed by atoms with E-state index in [-0.39, 0.29) is 23.2 Å². The fourth-order valence-electron chi connectivity index (χ4n) is 4.82. The highest BCUT2D eigenvalue weighted by molar-refractivity contribution is 5.74. The van der Waals surface area contributed by atoms with Gasteiger partial charge >= 0.3 is 0 Å². The first-order valence-electron chi connectivity index (χ1n) is 9.38. The van der Waals surface area contributed by atoms with Gasteiger partial charge in [-0.3, -0.25) is 9.69 Å². The van der Waals surface area contributed by atoms with Crippen molar-refractivity contribution in [3.05, 3.63) is 71.5 Å². The van der Waals surface area contributed by atoms with Crippen LogP contribution in [0.15, 0.2) is 54.6 Å². The van der Waals surface area contributed by atoms with Crippen molar-refractivity contribution in [3.63, 3.8) is 0 Å². The number of nitrogens with zero attached hydrogens (tertiary/aromatic N) is 2. The number of amides is 1. The summed E-state index contributed by atoms with van der Waals surface area (Å²) in [6.45, 7) is 5.17. The minimum absolute atomic E-state index is 0.0617. The standard InChI is InChI=1S/C22H25FN2O/c1-17(26)25-14-12-22(19-5-3-2-4-6-19)11-13-24(16-21(22)25)15-18-7-9-20(23)10-8-18/h2-10,21H,11-16H2,1H3. The van der Waals surface area contributed by atoms with Crippen LogP contribution in [0.5, 0.6) is 0 Å². The lowest BCUT2D eigenvalue weighted by atomic mass is 9.69. The van der Waals surface area contributed by atoms with Crippen molar-refractivity contribution in [2.24, 2.45) is 0 Å². The number of carbonyl (C=O) groups is 1. The van der Waals surface area contributed by atoms with Crippen molar-refractivity contribution in [3.8, 4) is 0 Å². The molecule has 2 aromatic carbocycles. The molecule has 2 aromatic rings. The summed E-state index contributed by atoms with van der Waals surface area (Å²) in [5, 5.41) is 0. The highest BCUT2D eigenvalue weighted by atomic mass is 19.1. The molecule has 2 unspecified atom stereocenters. The number of carbonyl (C=O) groups excluding carboxylic acids is 1. The maximum absolute atomic E-state index is 13.2. The summed E-state index contributed by atoms with van der Waals surface area (Å²) >= 11 is 0. The third-order valence-electron chi connectivity index (χ3n) is 6.19. The van der Waals surface area contributed by atoms with Gasteiger partial charge in [0.2, 0.25) is 5.91 Å². The predicted octanol–water partition coefficient (Wildman–Crippen LogP) is 3.59. The van der Waals surface area contributed by atoms with E-state index < -0.39 is 0 Å². The second kappa shape index (κ2) is 6.84. The SMILES string of the molecule is CC(=O)N1CCC2(c3ccccc3)CCN(Cc3ccc(F)cc3)CC12. The van der Waals surface area contributed by atoms with Gasteiger partial charge in [0.1, 0.15) is 5.82 Å². The molecule has 136 valence electrons. The fraction of sp³-hybridized carbons (Fsp3) is 0.409. The minimum atomic E-state index is -0.200. The van der Waals surface area contributed by atoms with Crippen molar-refractivity contribution in [1.82, 2.24) is 9.80 Å². The van der Waals surface area contributed by atoms with Gasteiger partial charge in [-0.15, -0.1) is 0 Å². The number of rotatable bonds is 3. The van der Waals surface area contributed by atoms with Gasteiger partial charge in [0.05, 0.1) is 6.04 Å². The van der Waals surface area contributed by atoms with Crippen LogP contribution in [-0.2, 0) is 16.8 Å². The minimum Gasteiger partial charge on any atom is -0.338 e. The van der Waals surface area contributed by atoms with Crippen LogP contribution in [0.2, 0.25) is 0 Å². The topological polar surface area (TPSA) is 23.6 Å². The molecular formula is C22H25FN2O. The highest BCUT2D eigenvalue weighted by Gasteiger charge is 2.51.